The molecule has 3 heterocycles. The van der Waals surface area contributed by atoms with Gasteiger partial charge in [-0.15, -0.1) is 11.3 Å². The molecule has 1 aliphatic heterocycles. The normalized spacial score (nSPS) is 16.6. The van der Waals surface area contributed by atoms with Gasteiger partial charge in [-0.25, -0.2) is 16.8 Å². The molecular weight excluding hydrogens is 456 g/mol. The number of hydrogen-bond donors (Lipinski definition) is 0. The monoisotopic (exact) mass is 480 g/mol. The Morgan fingerprint density at radius 3 is 2.52 bits per heavy atom. The molecule has 2 aromatic heterocycles. The molecule has 1 fully saturated rings. The van der Waals surface area contributed by atoms with Gasteiger partial charge in [0.05, 0.1) is 29.1 Å². The number of nitrogens with zero attached hydrogens (tertiary/aromatic N) is 2. The van der Waals surface area contributed by atoms with Crippen LogP contribution in [-0.2, 0) is 33.0 Å². The molecule has 4 rings (SSSR count). The number of hydrogen-bond acceptors (Lipinski definition) is 6. The van der Waals surface area contributed by atoms with Crippen LogP contribution in [0.5, 0.6) is 0 Å². The molecule has 0 amide bonds. The van der Waals surface area contributed by atoms with E-state index in [0.717, 1.165) is 11.3 Å². The molecule has 7 nitrogen and oxygen atoms in total. The first-order valence-electron chi connectivity index (χ1n) is 10.0. The summed E-state index contributed by atoms with van der Waals surface area (Å²) in [4.78, 5) is 1.23. The van der Waals surface area contributed by atoms with Crippen LogP contribution in [0.3, 0.4) is 0 Å². The van der Waals surface area contributed by atoms with Crippen molar-refractivity contribution in [1.82, 2.24) is 4.31 Å². The Labute approximate surface area is 187 Å². The smallest absolute Gasteiger partial charge is 0.243 e. The van der Waals surface area contributed by atoms with Crippen LogP contribution in [0.4, 0.5) is 5.69 Å². The molecule has 1 aliphatic rings. The Kier molecular flexibility index (Phi) is 6.52. The Hall–Kier alpha value is -2.14. The summed E-state index contributed by atoms with van der Waals surface area (Å²) >= 11 is 1.59. The second kappa shape index (κ2) is 9.15. The number of benzene rings is 1. The largest absolute Gasteiger partial charge is 0.468 e. The lowest BCUT2D eigenvalue weighted by atomic mass is 10.3. The van der Waals surface area contributed by atoms with E-state index in [1.54, 1.807) is 35.6 Å². The fourth-order valence-electron chi connectivity index (χ4n) is 3.56. The zero-order valence-corrected chi connectivity index (χ0v) is 19.3. The maximum atomic E-state index is 13.4. The summed E-state index contributed by atoms with van der Waals surface area (Å²) in [5, 5.41) is 1.97. The number of thiophene rings is 1. The van der Waals surface area contributed by atoms with Crippen LogP contribution in [0.15, 0.2) is 69.5 Å². The highest BCUT2D eigenvalue weighted by molar-refractivity contribution is 7.92. The predicted molar refractivity (Wildman–Crippen MR) is 121 cm³/mol. The molecule has 10 heteroatoms. The van der Waals surface area contributed by atoms with E-state index in [-0.39, 0.29) is 17.2 Å². The summed E-state index contributed by atoms with van der Waals surface area (Å²) in [5.74, 6) is 0.679. The van der Waals surface area contributed by atoms with Crippen LogP contribution >= 0.6 is 11.3 Å². The topological polar surface area (TPSA) is 87.9 Å². The van der Waals surface area contributed by atoms with Crippen LogP contribution < -0.4 is 4.31 Å². The summed E-state index contributed by atoms with van der Waals surface area (Å²) < 4.78 is 59.6. The van der Waals surface area contributed by atoms with Crippen molar-refractivity contribution in [2.75, 3.05) is 23.1 Å². The second-order valence-corrected chi connectivity index (χ2v) is 12.3. The van der Waals surface area contributed by atoms with Gasteiger partial charge >= 0.3 is 0 Å². The molecule has 3 aromatic rings. The lowest BCUT2D eigenvalue weighted by Crippen LogP contribution is -2.37. The van der Waals surface area contributed by atoms with Crippen LogP contribution in [0.25, 0.3) is 0 Å². The average molecular weight is 481 g/mol. The first-order chi connectivity index (χ1) is 14.9. The molecule has 0 saturated carbocycles. The standard InChI is InChI=1S/C21H24N2O5S3/c24-30(25)16-2-1-12-23(30)18-7-9-21(10-8-18)31(26,27)22(17-19-5-3-14-28-19)13-11-20-6-4-15-29-20/h3-10,14-15H,1-2,11-13,16-17H2. The van der Waals surface area contributed by atoms with Crippen molar-refractivity contribution in [3.8, 4) is 0 Å². The summed E-state index contributed by atoms with van der Waals surface area (Å²) in [7, 11) is -7.14. The van der Waals surface area contributed by atoms with E-state index in [4.69, 9.17) is 4.42 Å². The van der Waals surface area contributed by atoms with Gasteiger partial charge in [0.1, 0.15) is 5.76 Å². The van der Waals surface area contributed by atoms with Gasteiger partial charge in [-0.2, -0.15) is 4.31 Å². The number of rotatable bonds is 8. The van der Waals surface area contributed by atoms with E-state index in [1.807, 2.05) is 17.5 Å². The third kappa shape index (κ3) is 5.03. The molecule has 0 unspecified atom stereocenters. The number of furan rings is 1. The van der Waals surface area contributed by atoms with Crippen molar-refractivity contribution in [1.29, 1.82) is 0 Å². The van der Waals surface area contributed by atoms with E-state index in [1.165, 1.54) is 27.0 Å². The molecule has 31 heavy (non-hydrogen) atoms. The molecule has 1 aromatic carbocycles. The first kappa shape index (κ1) is 22.1. The highest BCUT2D eigenvalue weighted by Gasteiger charge is 2.28. The Balaban J connectivity index is 1.58. The van der Waals surface area contributed by atoms with Crippen molar-refractivity contribution in [3.05, 3.63) is 70.8 Å². The van der Waals surface area contributed by atoms with Crippen LogP contribution in [0.1, 0.15) is 23.5 Å². The fourth-order valence-corrected chi connectivity index (χ4v) is 7.31. The molecule has 0 N–H and O–H groups in total. The molecule has 0 aliphatic carbocycles. The zero-order chi connectivity index (χ0) is 21.9. The Morgan fingerprint density at radius 1 is 1.06 bits per heavy atom. The summed E-state index contributed by atoms with van der Waals surface area (Å²) in [5.41, 5.74) is 0.495. The highest BCUT2D eigenvalue weighted by Crippen LogP contribution is 2.27. The van der Waals surface area contributed by atoms with Gasteiger partial charge in [0, 0.05) is 18.0 Å². The van der Waals surface area contributed by atoms with E-state index in [9.17, 15) is 16.8 Å². The molecule has 0 spiro atoms. The first-order valence-corrected chi connectivity index (χ1v) is 13.9. The van der Waals surface area contributed by atoms with Crippen molar-refractivity contribution >= 4 is 37.1 Å². The maximum Gasteiger partial charge on any atom is 0.243 e. The highest BCUT2D eigenvalue weighted by atomic mass is 32.2. The van der Waals surface area contributed by atoms with Crippen molar-refractivity contribution < 1.29 is 21.3 Å². The lowest BCUT2D eigenvalue weighted by molar-refractivity contribution is 0.366. The van der Waals surface area contributed by atoms with E-state index in [2.05, 4.69) is 0 Å². The zero-order valence-electron chi connectivity index (χ0n) is 16.9. The fraction of sp³-hybridized carbons (Fsp3) is 0.333. The third-order valence-electron chi connectivity index (χ3n) is 5.21. The van der Waals surface area contributed by atoms with Crippen molar-refractivity contribution in [2.45, 2.75) is 30.7 Å². The Morgan fingerprint density at radius 2 is 1.87 bits per heavy atom. The molecule has 0 atom stereocenters. The summed E-state index contributed by atoms with van der Waals surface area (Å²) in [6.07, 6.45) is 3.56. The average Bonchev–Trinajstić information content (AvgIpc) is 3.45. The van der Waals surface area contributed by atoms with E-state index < -0.39 is 20.0 Å². The predicted octanol–water partition coefficient (Wildman–Crippen LogP) is 3.70. The minimum Gasteiger partial charge on any atom is -0.468 e. The number of anilines is 1. The molecule has 0 bridgehead atoms. The Bertz CT molecular complexity index is 1190. The third-order valence-corrected chi connectivity index (χ3v) is 9.88. The van der Waals surface area contributed by atoms with Crippen LogP contribution in [0.2, 0.25) is 0 Å². The van der Waals surface area contributed by atoms with Gasteiger partial charge in [-0.05, 0) is 67.1 Å². The molecule has 1 saturated heterocycles. The molecule has 166 valence electrons. The van der Waals surface area contributed by atoms with Crippen LogP contribution in [-0.4, -0.2) is 40.0 Å². The van der Waals surface area contributed by atoms with E-state index in [0.29, 0.717) is 37.4 Å². The quantitative estimate of drug-likeness (QED) is 0.491. The molecule has 0 radical (unpaired) electrons. The van der Waals surface area contributed by atoms with Gasteiger partial charge in [0.15, 0.2) is 0 Å². The second-order valence-electron chi connectivity index (χ2n) is 7.34. The van der Waals surface area contributed by atoms with Gasteiger partial charge in [0.25, 0.3) is 0 Å². The minimum absolute atomic E-state index is 0.118. The maximum absolute atomic E-state index is 13.4. The minimum atomic E-state index is -3.80. The van der Waals surface area contributed by atoms with Crippen molar-refractivity contribution in [3.63, 3.8) is 0 Å². The lowest BCUT2D eigenvalue weighted by Gasteiger charge is -2.28. The van der Waals surface area contributed by atoms with Gasteiger partial charge in [-0.1, -0.05) is 6.07 Å². The SMILES string of the molecule is O=S1(=O)CCCCN1c1ccc(S(=O)(=O)N(CCc2cccs2)Cc2ccco2)cc1. The van der Waals surface area contributed by atoms with E-state index >= 15 is 0 Å². The summed E-state index contributed by atoms with van der Waals surface area (Å²) in [6.45, 7) is 0.856. The summed E-state index contributed by atoms with van der Waals surface area (Å²) in [6, 6.07) is 13.5. The van der Waals surface area contributed by atoms with Gasteiger partial charge < -0.3 is 4.42 Å². The van der Waals surface area contributed by atoms with Gasteiger partial charge in [-0.3, -0.25) is 4.31 Å². The van der Waals surface area contributed by atoms with Gasteiger partial charge in [0.2, 0.25) is 20.0 Å². The van der Waals surface area contributed by atoms with Crippen LogP contribution in [0, 0.1) is 0 Å². The molecular formula is C21H24N2O5S3. The van der Waals surface area contributed by atoms with Crippen molar-refractivity contribution in [2.24, 2.45) is 0 Å². The number of sulfonamides is 2.